The summed E-state index contributed by atoms with van der Waals surface area (Å²) >= 11 is 8.40. The molecule has 19 heavy (non-hydrogen) atoms. The van der Waals surface area contributed by atoms with E-state index < -0.39 is 0 Å². The molecule has 2 aliphatic rings. The molecule has 0 amide bonds. The molecule has 0 radical (unpaired) electrons. The Morgan fingerprint density at radius 2 is 2.16 bits per heavy atom. The van der Waals surface area contributed by atoms with E-state index in [1.165, 1.54) is 37.0 Å². The highest BCUT2D eigenvalue weighted by atomic mass is 35.5. The Kier molecular flexibility index (Phi) is 4.11. The largest absolute Gasteiger partial charge is 0.313 e. The van der Waals surface area contributed by atoms with E-state index in [9.17, 15) is 0 Å². The molecule has 1 aliphatic carbocycles. The number of rotatable bonds is 4. The molecule has 1 saturated carbocycles. The number of nitrogens with one attached hydrogen (secondary N) is 1. The van der Waals surface area contributed by atoms with Crippen LogP contribution in [0.5, 0.6) is 0 Å². The van der Waals surface area contributed by atoms with Crippen LogP contribution in [0.25, 0.3) is 0 Å². The van der Waals surface area contributed by atoms with E-state index in [0.29, 0.717) is 16.7 Å². The van der Waals surface area contributed by atoms with Gasteiger partial charge in [0.05, 0.1) is 0 Å². The molecular formula is C16H22ClNS. The van der Waals surface area contributed by atoms with Crippen LogP contribution in [0, 0.1) is 0 Å². The number of benzene rings is 1. The minimum Gasteiger partial charge on any atom is -0.313 e. The maximum Gasteiger partial charge on any atom is 0.0440 e. The second kappa shape index (κ2) is 5.67. The fraction of sp³-hybridized carbons (Fsp3) is 0.625. The van der Waals surface area contributed by atoms with E-state index >= 15 is 0 Å². The van der Waals surface area contributed by atoms with Crippen molar-refractivity contribution in [3.05, 3.63) is 34.9 Å². The zero-order valence-electron chi connectivity index (χ0n) is 11.5. The number of halogens is 1. The Bertz CT molecular complexity index is 436. The third-order valence-electron chi connectivity index (χ3n) is 4.55. The van der Waals surface area contributed by atoms with Crippen LogP contribution >= 0.6 is 23.4 Å². The summed E-state index contributed by atoms with van der Waals surface area (Å²) in [5, 5.41) is 4.69. The predicted molar refractivity (Wildman–Crippen MR) is 85.3 cm³/mol. The van der Waals surface area contributed by atoms with Crippen LogP contribution in [-0.2, 0) is 0 Å². The summed E-state index contributed by atoms with van der Waals surface area (Å²) in [5.74, 6) is 2.00. The first-order chi connectivity index (χ1) is 9.16. The van der Waals surface area contributed by atoms with Gasteiger partial charge in [0.1, 0.15) is 0 Å². The summed E-state index contributed by atoms with van der Waals surface area (Å²) in [5.41, 5.74) is 1.34. The van der Waals surface area contributed by atoms with Crippen LogP contribution in [0.3, 0.4) is 0 Å². The molecule has 3 rings (SSSR count). The van der Waals surface area contributed by atoms with Crippen LogP contribution in [-0.4, -0.2) is 23.1 Å². The lowest BCUT2D eigenvalue weighted by Crippen LogP contribution is -2.45. The van der Waals surface area contributed by atoms with Crippen molar-refractivity contribution < 1.29 is 0 Å². The quantitative estimate of drug-likeness (QED) is 0.880. The average molecular weight is 296 g/mol. The van der Waals surface area contributed by atoms with E-state index in [1.807, 2.05) is 12.1 Å². The highest BCUT2D eigenvalue weighted by molar-refractivity contribution is 8.00. The van der Waals surface area contributed by atoms with Crippen molar-refractivity contribution in [2.24, 2.45) is 0 Å². The second-order valence-corrected chi connectivity index (χ2v) is 8.26. The molecule has 1 atom stereocenters. The lowest BCUT2D eigenvalue weighted by atomic mass is 9.75. The molecule has 1 aromatic rings. The third-order valence-corrected chi connectivity index (χ3v) is 6.43. The molecule has 0 aromatic heterocycles. The first-order valence-corrected chi connectivity index (χ1v) is 8.64. The molecular weight excluding hydrogens is 274 g/mol. The maximum atomic E-state index is 6.26. The Morgan fingerprint density at radius 3 is 2.84 bits per heavy atom. The summed E-state index contributed by atoms with van der Waals surface area (Å²) in [4.78, 5) is 0. The summed E-state index contributed by atoms with van der Waals surface area (Å²) in [6.07, 6.45) is 5.23. The Hall–Kier alpha value is -0.180. The van der Waals surface area contributed by atoms with Gasteiger partial charge in [0.2, 0.25) is 0 Å². The number of hydrogen-bond acceptors (Lipinski definition) is 2. The topological polar surface area (TPSA) is 12.0 Å². The molecule has 1 nitrogen and oxygen atoms in total. The van der Waals surface area contributed by atoms with Gasteiger partial charge in [-0.15, -0.1) is 0 Å². The highest BCUT2D eigenvalue weighted by Crippen LogP contribution is 2.41. The van der Waals surface area contributed by atoms with Gasteiger partial charge in [-0.25, -0.2) is 0 Å². The van der Waals surface area contributed by atoms with Crippen LogP contribution in [0.4, 0.5) is 0 Å². The molecule has 0 spiro atoms. The zero-order chi connectivity index (χ0) is 13.3. The van der Waals surface area contributed by atoms with Crippen molar-refractivity contribution in [3.63, 3.8) is 0 Å². The fourth-order valence-electron chi connectivity index (χ4n) is 3.18. The molecule has 0 bridgehead atoms. The van der Waals surface area contributed by atoms with Crippen LogP contribution < -0.4 is 5.32 Å². The van der Waals surface area contributed by atoms with Gasteiger partial charge < -0.3 is 5.32 Å². The monoisotopic (exact) mass is 295 g/mol. The lowest BCUT2D eigenvalue weighted by molar-refractivity contribution is 0.283. The van der Waals surface area contributed by atoms with Crippen molar-refractivity contribution in [1.82, 2.24) is 5.32 Å². The van der Waals surface area contributed by atoms with Gasteiger partial charge in [-0.05, 0) is 55.9 Å². The molecule has 1 saturated heterocycles. The van der Waals surface area contributed by atoms with Gasteiger partial charge in [-0.3, -0.25) is 0 Å². The van der Waals surface area contributed by atoms with Crippen molar-refractivity contribution in [2.75, 3.05) is 12.3 Å². The zero-order valence-corrected chi connectivity index (χ0v) is 13.1. The number of hydrogen-bond donors (Lipinski definition) is 1. The highest BCUT2D eigenvalue weighted by Gasteiger charge is 2.34. The third kappa shape index (κ3) is 3.12. The van der Waals surface area contributed by atoms with Gasteiger partial charge in [-0.1, -0.05) is 29.8 Å². The van der Waals surface area contributed by atoms with Gasteiger partial charge in [0.25, 0.3) is 0 Å². The minimum atomic E-state index is 0.482. The smallest absolute Gasteiger partial charge is 0.0440 e. The van der Waals surface area contributed by atoms with E-state index in [-0.39, 0.29) is 0 Å². The number of thioether (sulfide) groups is 1. The Morgan fingerprint density at radius 1 is 1.37 bits per heavy atom. The van der Waals surface area contributed by atoms with E-state index in [4.69, 9.17) is 11.6 Å². The van der Waals surface area contributed by atoms with Gasteiger partial charge in [0.15, 0.2) is 0 Å². The first-order valence-electron chi connectivity index (χ1n) is 7.28. The second-order valence-electron chi connectivity index (χ2n) is 6.17. The molecule has 2 fully saturated rings. The van der Waals surface area contributed by atoms with Crippen molar-refractivity contribution in [2.45, 2.75) is 49.3 Å². The summed E-state index contributed by atoms with van der Waals surface area (Å²) < 4.78 is 0.482. The molecule has 1 unspecified atom stereocenters. The SMILES string of the molecule is CC1(CNC2CC(c3ccccc3Cl)C2)CCCS1. The van der Waals surface area contributed by atoms with Crippen LogP contribution in [0.1, 0.15) is 44.1 Å². The molecule has 1 N–H and O–H groups in total. The van der Waals surface area contributed by atoms with E-state index in [0.717, 1.165) is 11.6 Å². The molecule has 1 heterocycles. The van der Waals surface area contributed by atoms with E-state index in [2.05, 4.69) is 36.1 Å². The van der Waals surface area contributed by atoms with Crippen LogP contribution in [0.15, 0.2) is 24.3 Å². The van der Waals surface area contributed by atoms with Gasteiger partial charge in [0, 0.05) is 22.4 Å². The molecule has 3 heteroatoms. The molecule has 1 aliphatic heterocycles. The lowest BCUT2D eigenvalue weighted by Gasteiger charge is -2.38. The van der Waals surface area contributed by atoms with Gasteiger partial charge >= 0.3 is 0 Å². The van der Waals surface area contributed by atoms with Crippen molar-refractivity contribution in [3.8, 4) is 0 Å². The normalized spacial score (nSPS) is 34.2. The summed E-state index contributed by atoms with van der Waals surface area (Å²) in [7, 11) is 0. The summed E-state index contributed by atoms with van der Waals surface area (Å²) in [6.45, 7) is 3.57. The van der Waals surface area contributed by atoms with Crippen molar-refractivity contribution in [1.29, 1.82) is 0 Å². The standard InChI is InChI=1S/C16H22ClNS/c1-16(7-4-8-19-16)11-18-13-9-12(10-13)14-5-2-3-6-15(14)17/h2-3,5-6,12-13,18H,4,7-11H2,1H3. The average Bonchev–Trinajstić information content (AvgIpc) is 2.77. The van der Waals surface area contributed by atoms with Crippen molar-refractivity contribution >= 4 is 23.4 Å². The van der Waals surface area contributed by atoms with Gasteiger partial charge in [-0.2, -0.15) is 11.8 Å². The minimum absolute atomic E-state index is 0.482. The molecule has 104 valence electrons. The molecule has 1 aromatic carbocycles. The Labute approximate surface area is 125 Å². The fourth-order valence-corrected chi connectivity index (χ4v) is 4.73. The van der Waals surface area contributed by atoms with Crippen LogP contribution in [0.2, 0.25) is 5.02 Å². The first kappa shape index (κ1) is 13.8. The Balaban J connectivity index is 1.47. The summed E-state index contributed by atoms with van der Waals surface area (Å²) in [6, 6.07) is 8.99. The van der Waals surface area contributed by atoms with E-state index in [1.54, 1.807) is 0 Å². The maximum absolute atomic E-state index is 6.26. The predicted octanol–water partition coefficient (Wildman–Crippen LogP) is 4.46.